The number of hydrogen-bond donors (Lipinski definition) is 0. The number of hydrogen-bond acceptors (Lipinski definition) is 4. The molecule has 1 aliphatic rings. The summed E-state index contributed by atoms with van der Waals surface area (Å²) in [7, 11) is 1.85. The van der Waals surface area contributed by atoms with Crippen LogP contribution in [0, 0.1) is 0 Å². The van der Waals surface area contributed by atoms with Gasteiger partial charge in [-0.05, 0) is 24.2 Å². The Morgan fingerprint density at radius 3 is 2.76 bits per heavy atom. The fourth-order valence-electron chi connectivity index (χ4n) is 3.79. The molecule has 4 rings (SSSR count). The summed E-state index contributed by atoms with van der Waals surface area (Å²) < 4.78 is 3.40. The van der Waals surface area contributed by atoms with Gasteiger partial charge in [0.15, 0.2) is 5.16 Å². The quantitative estimate of drug-likeness (QED) is 0.676. The molecule has 130 valence electrons. The number of thioether (sulfide) groups is 1. The van der Waals surface area contributed by atoms with Crippen LogP contribution in [0.3, 0.4) is 0 Å². The Hall–Kier alpha value is -2.08. The van der Waals surface area contributed by atoms with E-state index in [0.29, 0.717) is 5.78 Å². The zero-order valence-corrected chi connectivity index (χ0v) is 15.9. The van der Waals surface area contributed by atoms with Gasteiger partial charge in [0.25, 0.3) is 5.56 Å². The van der Waals surface area contributed by atoms with Gasteiger partial charge in [-0.15, -0.1) is 5.10 Å². The van der Waals surface area contributed by atoms with Crippen molar-refractivity contribution in [3.8, 4) is 11.3 Å². The Morgan fingerprint density at radius 1 is 1.28 bits per heavy atom. The summed E-state index contributed by atoms with van der Waals surface area (Å²) in [4.78, 5) is 18.4. The number of nitrogens with zero attached hydrogens (tertiary/aromatic N) is 4. The summed E-state index contributed by atoms with van der Waals surface area (Å²) >= 11 is 1.57. The summed E-state index contributed by atoms with van der Waals surface area (Å²) in [6, 6.07) is 8.30. The highest BCUT2D eigenvalue weighted by Gasteiger charge is 2.38. The molecule has 0 saturated carbocycles. The van der Waals surface area contributed by atoms with Gasteiger partial charge in [-0.25, -0.2) is 14.1 Å². The minimum Gasteiger partial charge on any atom is -0.268 e. The van der Waals surface area contributed by atoms with Crippen LogP contribution in [0.2, 0.25) is 0 Å². The monoisotopic (exact) mass is 354 g/mol. The molecule has 6 heteroatoms. The minimum atomic E-state index is -0.209. The predicted octanol–water partition coefficient (Wildman–Crippen LogP) is 3.43. The van der Waals surface area contributed by atoms with Gasteiger partial charge in [0.1, 0.15) is 0 Å². The number of aromatic nitrogens is 4. The summed E-state index contributed by atoms with van der Waals surface area (Å²) in [5.41, 5.74) is 3.82. The van der Waals surface area contributed by atoms with Crippen molar-refractivity contribution in [3.63, 3.8) is 0 Å². The molecule has 1 aromatic carbocycles. The lowest BCUT2D eigenvalue weighted by atomic mass is 9.69. The SMILES string of the molecule is CCSc1nn(C)c2nc3c(c(=O)n12)[C@](C)(CC)Cc1ccccc1-3. The fourth-order valence-corrected chi connectivity index (χ4v) is 4.53. The van der Waals surface area contributed by atoms with Gasteiger partial charge < -0.3 is 0 Å². The zero-order chi connectivity index (χ0) is 17.8. The van der Waals surface area contributed by atoms with Crippen LogP contribution in [-0.4, -0.2) is 24.9 Å². The predicted molar refractivity (Wildman–Crippen MR) is 101 cm³/mol. The molecule has 2 heterocycles. The summed E-state index contributed by atoms with van der Waals surface area (Å²) in [5, 5.41) is 5.24. The normalized spacial score (nSPS) is 19.0. The molecule has 3 aromatic rings. The highest BCUT2D eigenvalue weighted by Crippen LogP contribution is 2.42. The van der Waals surface area contributed by atoms with E-state index >= 15 is 0 Å². The van der Waals surface area contributed by atoms with E-state index in [-0.39, 0.29) is 11.0 Å². The molecule has 1 aliphatic carbocycles. The molecule has 0 N–H and O–H groups in total. The average Bonchev–Trinajstić information content (AvgIpc) is 2.91. The van der Waals surface area contributed by atoms with Crippen molar-refractivity contribution < 1.29 is 0 Å². The molecular formula is C19H22N4OS. The second-order valence-electron chi connectivity index (χ2n) is 6.86. The van der Waals surface area contributed by atoms with Gasteiger partial charge in [0.05, 0.1) is 11.3 Å². The van der Waals surface area contributed by atoms with E-state index in [2.05, 4.69) is 44.1 Å². The maximum Gasteiger partial charge on any atom is 0.265 e. The standard InChI is InChI=1S/C19H22N4OS/c1-5-19(3)11-12-9-7-8-10-13(12)15-14(19)16(24)23-17(20-15)22(4)21-18(23)25-6-2/h7-10H,5-6,11H2,1-4H3/t19-/m1/s1. The van der Waals surface area contributed by atoms with E-state index in [1.54, 1.807) is 20.8 Å². The molecular weight excluding hydrogens is 332 g/mol. The Balaban J connectivity index is 2.15. The van der Waals surface area contributed by atoms with E-state index in [1.165, 1.54) is 5.56 Å². The number of rotatable bonds is 3. The molecule has 0 fully saturated rings. The van der Waals surface area contributed by atoms with Crippen LogP contribution >= 0.6 is 11.8 Å². The third-order valence-electron chi connectivity index (χ3n) is 5.29. The van der Waals surface area contributed by atoms with Crippen molar-refractivity contribution in [2.24, 2.45) is 7.05 Å². The highest BCUT2D eigenvalue weighted by molar-refractivity contribution is 7.99. The first-order chi connectivity index (χ1) is 12.0. The molecule has 0 unspecified atom stereocenters. The molecule has 0 radical (unpaired) electrons. The minimum absolute atomic E-state index is 0.0305. The summed E-state index contributed by atoms with van der Waals surface area (Å²) in [6.07, 6.45) is 1.76. The third kappa shape index (κ3) is 2.27. The molecule has 5 nitrogen and oxygen atoms in total. The van der Waals surface area contributed by atoms with Gasteiger partial charge in [-0.2, -0.15) is 0 Å². The van der Waals surface area contributed by atoms with Crippen molar-refractivity contribution in [3.05, 3.63) is 45.7 Å². The Morgan fingerprint density at radius 2 is 2.04 bits per heavy atom. The lowest BCUT2D eigenvalue weighted by Gasteiger charge is -2.34. The summed E-state index contributed by atoms with van der Waals surface area (Å²) in [6.45, 7) is 6.39. The first kappa shape index (κ1) is 16.4. The van der Waals surface area contributed by atoms with E-state index in [1.807, 2.05) is 13.1 Å². The second kappa shape index (κ2) is 5.73. The number of fused-ring (bicyclic) bond motifs is 4. The topological polar surface area (TPSA) is 52.2 Å². The van der Waals surface area contributed by atoms with E-state index in [9.17, 15) is 4.79 Å². The maximum absolute atomic E-state index is 13.5. The fraction of sp³-hybridized carbons (Fsp3) is 0.421. The van der Waals surface area contributed by atoms with Gasteiger partial charge in [0, 0.05) is 18.0 Å². The smallest absolute Gasteiger partial charge is 0.265 e. The second-order valence-corrected chi connectivity index (χ2v) is 8.09. The summed E-state index contributed by atoms with van der Waals surface area (Å²) in [5.74, 6) is 1.47. The lowest BCUT2D eigenvalue weighted by Crippen LogP contribution is -2.37. The van der Waals surface area contributed by atoms with Crippen LogP contribution in [0.5, 0.6) is 0 Å². The van der Waals surface area contributed by atoms with Crippen LogP contribution in [0.15, 0.2) is 34.2 Å². The van der Waals surface area contributed by atoms with Crippen LogP contribution in [0.25, 0.3) is 17.0 Å². The zero-order valence-electron chi connectivity index (χ0n) is 15.0. The largest absolute Gasteiger partial charge is 0.268 e. The lowest BCUT2D eigenvalue weighted by molar-refractivity contribution is 0.439. The van der Waals surface area contributed by atoms with Crippen LogP contribution in [0.1, 0.15) is 38.3 Å². The van der Waals surface area contributed by atoms with Crippen LogP contribution in [-0.2, 0) is 18.9 Å². The molecule has 25 heavy (non-hydrogen) atoms. The van der Waals surface area contributed by atoms with Crippen molar-refractivity contribution in [2.75, 3.05) is 5.75 Å². The first-order valence-electron chi connectivity index (χ1n) is 8.71. The maximum atomic E-state index is 13.5. The van der Waals surface area contributed by atoms with Crippen LogP contribution in [0.4, 0.5) is 0 Å². The number of benzene rings is 1. The number of aryl methyl sites for hydroxylation is 1. The molecule has 2 aromatic heterocycles. The van der Waals surface area contributed by atoms with E-state index in [0.717, 1.165) is 40.6 Å². The Kier molecular flexibility index (Phi) is 3.76. The average molecular weight is 354 g/mol. The molecule has 0 spiro atoms. The molecule has 0 amide bonds. The Labute approximate surface area is 151 Å². The highest BCUT2D eigenvalue weighted by atomic mass is 32.2. The van der Waals surface area contributed by atoms with Crippen molar-refractivity contribution in [1.82, 2.24) is 19.2 Å². The van der Waals surface area contributed by atoms with Crippen molar-refractivity contribution in [1.29, 1.82) is 0 Å². The molecule has 0 aliphatic heterocycles. The van der Waals surface area contributed by atoms with E-state index < -0.39 is 0 Å². The van der Waals surface area contributed by atoms with Crippen molar-refractivity contribution in [2.45, 2.75) is 44.2 Å². The third-order valence-corrected chi connectivity index (χ3v) is 6.10. The molecule has 0 bridgehead atoms. The van der Waals surface area contributed by atoms with E-state index in [4.69, 9.17) is 4.98 Å². The van der Waals surface area contributed by atoms with Crippen LogP contribution < -0.4 is 5.56 Å². The van der Waals surface area contributed by atoms with Gasteiger partial charge in [-0.3, -0.25) is 4.79 Å². The van der Waals surface area contributed by atoms with Gasteiger partial charge >= 0.3 is 0 Å². The van der Waals surface area contributed by atoms with Gasteiger partial charge in [-0.1, -0.05) is 56.8 Å². The Bertz CT molecular complexity index is 1040. The molecule has 1 atom stereocenters. The first-order valence-corrected chi connectivity index (χ1v) is 9.70. The molecule has 0 saturated heterocycles. The van der Waals surface area contributed by atoms with Gasteiger partial charge in [0.2, 0.25) is 5.78 Å². The van der Waals surface area contributed by atoms with Crippen molar-refractivity contribution >= 4 is 17.5 Å².